The average Bonchev–Trinajstić information content (AvgIpc) is 2.73. The van der Waals surface area contributed by atoms with Crippen LogP contribution in [0.15, 0.2) is 51.6 Å². The molecule has 0 atom stereocenters. The number of carboxylic acids is 1. The van der Waals surface area contributed by atoms with Gasteiger partial charge in [-0.3, -0.25) is 4.79 Å². The van der Waals surface area contributed by atoms with E-state index in [1.807, 2.05) is 30.3 Å². The van der Waals surface area contributed by atoms with E-state index in [0.29, 0.717) is 9.69 Å². The van der Waals surface area contributed by atoms with Gasteiger partial charge in [-0.2, -0.15) is 0 Å². The Morgan fingerprint density at radius 2 is 2.05 bits per heavy atom. The first kappa shape index (κ1) is 14.2. The van der Waals surface area contributed by atoms with Crippen LogP contribution >= 0.6 is 27.5 Å². The third kappa shape index (κ3) is 2.82. The molecule has 0 aliphatic heterocycles. The molecular weight excluding hydrogens is 356 g/mol. The molecule has 21 heavy (non-hydrogen) atoms. The van der Waals surface area contributed by atoms with E-state index in [0.717, 1.165) is 27.7 Å². The third-order valence-electron chi connectivity index (χ3n) is 3.18. The highest BCUT2D eigenvalue weighted by atomic mass is 79.9. The fraction of sp³-hybridized carbons (Fsp3) is 0.0625. The van der Waals surface area contributed by atoms with Gasteiger partial charge in [0.25, 0.3) is 0 Å². The van der Waals surface area contributed by atoms with Gasteiger partial charge in [0.15, 0.2) is 4.67 Å². The van der Waals surface area contributed by atoms with Gasteiger partial charge < -0.3 is 9.52 Å². The van der Waals surface area contributed by atoms with Crippen molar-refractivity contribution in [1.82, 2.24) is 0 Å². The van der Waals surface area contributed by atoms with Gasteiger partial charge in [0, 0.05) is 16.0 Å². The van der Waals surface area contributed by atoms with Crippen LogP contribution in [-0.4, -0.2) is 11.1 Å². The molecule has 1 aromatic heterocycles. The largest absolute Gasteiger partial charge is 0.481 e. The first-order valence-corrected chi connectivity index (χ1v) is 7.40. The highest BCUT2D eigenvalue weighted by molar-refractivity contribution is 9.10. The summed E-state index contributed by atoms with van der Waals surface area (Å²) >= 11 is 9.47. The molecule has 0 aliphatic rings. The zero-order valence-electron chi connectivity index (χ0n) is 10.8. The zero-order chi connectivity index (χ0) is 15.0. The predicted octanol–water partition coefficient (Wildman–Crippen LogP) is 5.14. The Bertz CT molecular complexity index is 839. The summed E-state index contributed by atoms with van der Waals surface area (Å²) in [7, 11) is 0. The highest BCUT2D eigenvalue weighted by Crippen LogP contribution is 2.39. The van der Waals surface area contributed by atoms with Crippen molar-refractivity contribution in [2.75, 3.05) is 0 Å². The summed E-state index contributed by atoms with van der Waals surface area (Å²) in [6, 6.07) is 12.8. The van der Waals surface area contributed by atoms with Crippen molar-refractivity contribution in [3.05, 3.63) is 57.7 Å². The fourth-order valence-electron chi connectivity index (χ4n) is 2.32. The molecule has 0 radical (unpaired) electrons. The van der Waals surface area contributed by atoms with Gasteiger partial charge in [0.1, 0.15) is 5.58 Å². The molecule has 1 heterocycles. The fourth-order valence-corrected chi connectivity index (χ4v) is 3.11. The first-order chi connectivity index (χ1) is 10.0. The molecule has 1 N–H and O–H groups in total. The van der Waals surface area contributed by atoms with E-state index in [1.54, 1.807) is 12.1 Å². The van der Waals surface area contributed by atoms with Crippen LogP contribution in [0.2, 0.25) is 5.02 Å². The number of fused-ring (bicyclic) bond motifs is 1. The van der Waals surface area contributed by atoms with Crippen LogP contribution < -0.4 is 0 Å². The molecule has 0 fully saturated rings. The molecule has 0 saturated heterocycles. The molecule has 0 aliphatic carbocycles. The SMILES string of the molecule is O=C(O)Cc1cccc(-c2c(Br)oc3ccc(Cl)cc23)c1. The van der Waals surface area contributed by atoms with Crippen molar-refractivity contribution in [2.45, 2.75) is 6.42 Å². The number of aliphatic carboxylic acids is 1. The van der Waals surface area contributed by atoms with Crippen LogP contribution in [0.25, 0.3) is 22.1 Å². The first-order valence-electron chi connectivity index (χ1n) is 6.23. The molecule has 2 aromatic carbocycles. The summed E-state index contributed by atoms with van der Waals surface area (Å²) in [6.45, 7) is 0. The lowest BCUT2D eigenvalue weighted by Crippen LogP contribution is -1.99. The van der Waals surface area contributed by atoms with E-state index in [2.05, 4.69) is 15.9 Å². The summed E-state index contributed by atoms with van der Waals surface area (Å²) < 4.78 is 6.28. The summed E-state index contributed by atoms with van der Waals surface area (Å²) in [6.07, 6.45) is -0.0119. The van der Waals surface area contributed by atoms with Gasteiger partial charge in [0.05, 0.1) is 6.42 Å². The second kappa shape index (κ2) is 5.54. The van der Waals surface area contributed by atoms with Gasteiger partial charge >= 0.3 is 5.97 Å². The molecule has 106 valence electrons. The minimum absolute atomic E-state index is 0.0119. The van der Waals surface area contributed by atoms with Crippen molar-refractivity contribution in [2.24, 2.45) is 0 Å². The Morgan fingerprint density at radius 1 is 1.24 bits per heavy atom. The number of furan rings is 1. The van der Waals surface area contributed by atoms with Gasteiger partial charge in [-0.25, -0.2) is 0 Å². The number of halogens is 2. The topological polar surface area (TPSA) is 50.4 Å². The minimum atomic E-state index is -0.855. The molecule has 0 amide bonds. The van der Waals surface area contributed by atoms with Gasteiger partial charge in [-0.05, 0) is 45.3 Å². The normalized spacial score (nSPS) is 11.0. The molecule has 0 saturated carbocycles. The molecule has 0 unspecified atom stereocenters. The zero-order valence-corrected chi connectivity index (χ0v) is 13.1. The minimum Gasteiger partial charge on any atom is -0.481 e. The standard InChI is InChI=1S/C16H10BrClO3/c17-16-15(12-8-11(18)4-5-13(12)21-16)10-3-1-2-9(6-10)7-14(19)20/h1-6,8H,7H2,(H,19,20). The van der Waals surface area contributed by atoms with Crippen molar-refractivity contribution in [3.8, 4) is 11.1 Å². The summed E-state index contributed by atoms with van der Waals surface area (Å²) in [5.74, 6) is -0.855. The summed E-state index contributed by atoms with van der Waals surface area (Å²) in [5, 5.41) is 10.4. The Morgan fingerprint density at radius 3 is 2.81 bits per heavy atom. The summed E-state index contributed by atoms with van der Waals surface area (Å²) in [5.41, 5.74) is 3.23. The van der Waals surface area contributed by atoms with Crippen molar-refractivity contribution in [3.63, 3.8) is 0 Å². The van der Waals surface area contributed by atoms with E-state index in [-0.39, 0.29) is 6.42 Å². The number of rotatable bonds is 3. The Balaban J connectivity index is 2.18. The van der Waals surface area contributed by atoms with Crippen LogP contribution in [0.4, 0.5) is 0 Å². The van der Waals surface area contributed by atoms with Gasteiger partial charge in [-0.15, -0.1) is 0 Å². The monoisotopic (exact) mass is 364 g/mol. The van der Waals surface area contributed by atoms with Crippen molar-refractivity contribution >= 4 is 44.5 Å². The van der Waals surface area contributed by atoms with E-state index in [4.69, 9.17) is 21.1 Å². The maximum absolute atomic E-state index is 10.8. The van der Waals surface area contributed by atoms with Gasteiger partial charge in [0.2, 0.25) is 0 Å². The average molecular weight is 366 g/mol. The summed E-state index contributed by atoms with van der Waals surface area (Å²) in [4.78, 5) is 10.8. The third-order valence-corrected chi connectivity index (χ3v) is 3.97. The van der Waals surface area contributed by atoms with E-state index in [9.17, 15) is 4.79 Å². The smallest absolute Gasteiger partial charge is 0.307 e. The van der Waals surface area contributed by atoms with E-state index in [1.165, 1.54) is 0 Å². The Kier molecular flexibility index (Phi) is 3.74. The molecule has 0 spiro atoms. The van der Waals surface area contributed by atoms with Crippen LogP contribution in [0, 0.1) is 0 Å². The van der Waals surface area contributed by atoms with Crippen LogP contribution in [0.5, 0.6) is 0 Å². The second-order valence-corrected chi connectivity index (χ2v) is 5.82. The van der Waals surface area contributed by atoms with Crippen LogP contribution in [0.1, 0.15) is 5.56 Å². The lowest BCUT2D eigenvalue weighted by molar-refractivity contribution is -0.136. The van der Waals surface area contributed by atoms with E-state index >= 15 is 0 Å². The predicted molar refractivity (Wildman–Crippen MR) is 85.7 cm³/mol. The van der Waals surface area contributed by atoms with Gasteiger partial charge in [-0.1, -0.05) is 35.9 Å². The molecule has 3 aromatic rings. The number of benzene rings is 2. The number of carboxylic acid groups (broad SMARTS) is 1. The molecule has 3 nitrogen and oxygen atoms in total. The molecule has 0 bridgehead atoms. The molecule has 5 heteroatoms. The van der Waals surface area contributed by atoms with Crippen molar-refractivity contribution in [1.29, 1.82) is 0 Å². The maximum Gasteiger partial charge on any atom is 0.307 e. The van der Waals surface area contributed by atoms with Crippen molar-refractivity contribution < 1.29 is 14.3 Å². The van der Waals surface area contributed by atoms with Crippen LogP contribution in [-0.2, 0) is 11.2 Å². The number of carbonyl (C=O) groups is 1. The quantitative estimate of drug-likeness (QED) is 0.699. The number of hydrogen-bond donors (Lipinski definition) is 1. The molecular formula is C16H10BrClO3. The Labute approximate surface area is 134 Å². The Hall–Kier alpha value is -1.78. The highest BCUT2D eigenvalue weighted by Gasteiger charge is 2.15. The van der Waals surface area contributed by atoms with Crippen LogP contribution in [0.3, 0.4) is 0 Å². The lowest BCUT2D eigenvalue weighted by Gasteiger charge is -2.03. The maximum atomic E-state index is 10.8. The second-order valence-electron chi connectivity index (χ2n) is 4.66. The molecule has 3 rings (SSSR count). The lowest BCUT2D eigenvalue weighted by atomic mass is 10.0. The number of hydrogen-bond acceptors (Lipinski definition) is 2. The van der Waals surface area contributed by atoms with E-state index < -0.39 is 5.97 Å².